The number of benzene rings is 1. The standard InChI is InChI=1S/C14H17N5O3/c1-10-9-11(3-4-13(10)19(21)22)17-14(20)15-7-5-12-6-8-16-18(12)2/h3-4,6,8-9H,5,7H2,1-2H3,(H2,15,17,20). The molecule has 1 heterocycles. The predicted molar refractivity (Wildman–Crippen MR) is 81.8 cm³/mol. The molecule has 2 N–H and O–H groups in total. The van der Waals surface area contributed by atoms with Crippen LogP contribution in [0.3, 0.4) is 0 Å². The summed E-state index contributed by atoms with van der Waals surface area (Å²) in [6, 6.07) is 5.99. The van der Waals surface area contributed by atoms with Crippen LogP contribution in [0.2, 0.25) is 0 Å². The smallest absolute Gasteiger partial charge is 0.319 e. The molecule has 0 bridgehead atoms. The quantitative estimate of drug-likeness (QED) is 0.651. The second-order valence-corrected chi connectivity index (χ2v) is 4.84. The largest absolute Gasteiger partial charge is 0.337 e. The third-order valence-electron chi connectivity index (χ3n) is 3.24. The Morgan fingerprint density at radius 1 is 1.41 bits per heavy atom. The van der Waals surface area contributed by atoms with Gasteiger partial charge in [0.1, 0.15) is 0 Å². The molecule has 22 heavy (non-hydrogen) atoms. The number of rotatable bonds is 5. The van der Waals surface area contributed by atoms with Gasteiger partial charge >= 0.3 is 6.03 Å². The maximum Gasteiger partial charge on any atom is 0.319 e. The van der Waals surface area contributed by atoms with Crippen LogP contribution in [0.4, 0.5) is 16.2 Å². The van der Waals surface area contributed by atoms with Gasteiger partial charge in [0.2, 0.25) is 0 Å². The molecule has 0 aliphatic rings. The van der Waals surface area contributed by atoms with Crippen LogP contribution < -0.4 is 10.6 Å². The van der Waals surface area contributed by atoms with Crippen LogP contribution >= 0.6 is 0 Å². The topological polar surface area (TPSA) is 102 Å². The van der Waals surface area contributed by atoms with E-state index in [4.69, 9.17) is 0 Å². The zero-order valence-electron chi connectivity index (χ0n) is 12.4. The van der Waals surface area contributed by atoms with Crippen molar-refractivity contribution in [3.05, 3.63) is 51.8 Å². The SMILES string of the molecule is Cc1cc(NC(=O)NCCc2ccnn2C)ccc1[N+](=O)[O-]. The number of aromatic nitrogens is 2. The number of nitro groups is 1. The Morgan fingerprint density at radius 3 is 2.77 bits per heavy atom. The Morgan fingerprint density at radius 2 is 2.18 bits per heavy atom. The minimum atomic E-state index is -0.451. The van der Waals surface area contributed by atoms with Crippen LogP contribution in [0.15, 0.2) is 30.5 Å². The van der Waals surface area contributed by atoms with Crippen LogP contribution in [-0.2, 0) is 13.5 Å². The number of carbonyl (C=O) groups excluding carboxylic acids is 1. The highest BCUT2D eigenvalue weighted by atomic mass is 16.6. The van der Waals surface area contributed by atoms with E-state index in [0.29, 0.717) is 24.2 Å². The normalized spacial score (nSPS) is 10.3. The molecule has 0 aliphatic carbocycles. The van der Waals surface area contributed by atoms with E-state index < -0.39 is 4.92 Å². The summed E-state index contributed by atoms with van der Waals surface area (Å²) < 4.78 is 1.75. The summed E-state index contributed by atoms with van der Waals surface area (Å²) in [6.07, 6.45) is 2.37. The molecule has 116 valence electrons. The van der Waals surface area contributed by atoms with Crippen LogP contribution in [0, 0.1) is 17.0 Å². The molecule has 8 heteroatoms. The molecule has 0 atom stereocenters. The molecule has 0 fully saturated rings. The van der Waals surface area contributed by atoms with Crippen molar-refractivity contribution in [1.29, 1.82) is 0 Å². The molecule has 0 saturated carbocycles. The van der Waals surface area contributed by atoms with Crippen LogP contribution in [0.5, 0.6) is 0 Å². The molecule has 0 spiro atoms. The van der Waals surface area contributed by atoms with E-state index in [1.54, 1.807) is 23.9 Å². The fraction of sp³-hybridized carbons (Fsp3) is 0.286. The van der Waals surface area contributed by atoms with Crippen LogP contribution in [0.25, 0.3) is 0 Å². The first kappa shape index (κ1) is 15.5. The van der Waals surface area contributed by atoms with Gasteiger partial charge in [0.05, 0.1) is 4.92 Å². The van der Waals surface area contributed by atoms with Gasteiger partial charge in [-0.05, 0) is 25.1 Å². The minimum absolute atomic E-state index is 0.0298. The number of aryl methyl sites for hydroxylation is 2. The lowest BCUT2D eigenvalue weighted by atomic mass is 10.2. The Bertz CT molecular complexity index is 696. The number of nitrogens with one attached hydrogen (secondary N) is 2. The van der Waals surface area contributed by atoms with Crippen molar-refractivity contribution in [1.82, 2.24) is 15.1 Å². The van der Waals surface area contributed by atoms with E-state index in [0.717, 1.165) is 5.69 Å². The Balaban J connectivity index is 1.85. The summed E-state index contributed by atoms with van der Waals surface area (Å²) in [7, 11) is 1.84. The number of hydrogen-bond acceptors (Lipinski definition) is 4. The first-order valence-corrected chi connectivity index (χ1v) is 6.74. The monoisotopic (exact) mass is 303 g/mol. The molecule has 2 rings (SSSR count). The van der Waals surface area contributed by atoms with E-state index in [2.05, 4.69) is 15.7 Å². The highest BCUT2D eigenvalue weighted by molar-refractivity contribution is 5.89. The van der Waals surface area contributed by atoms with Crippen molar-refractivity contribution in [2.45, 2.75) is 13.3 Å². The van der Waals surface area contributed by atoms with Gasteiger partial charge in [-0.15, -0.1) is 0 Å². The van der Waals surface area contributed by atoms with Crippen molar-refractivity contribution in [2.24, 2.45) is 7.05 Å². The van der Waals surface area contributed by atoms with Crippen LogP contribution in [0.1, 0.15) is 11.3 Å². The van der Waals surface area contributed by atoms with Gasteiger partial charge < -0.3 is 10.6 Å². The molecule has 0 unspecified atom stereocenters. The maximum absolute atomic E-state index is 11.8. The van der Waals surface area contributed by atoms with Gasteiger partial charge in [-0.2, -0.15) is 5.10 Å². The number of anilines is 1. The number of carbonyl (C=O) groups is 1. The number of nitro benzene ring substituents is 1. The van der Waals surface area contributed by atoms with Crippen LogP contribution in [-0.4, -0.2) is 27.3 Å². The summed E-state index contributed by atoms with van der Waals surface area (Å²) in [6.45, 7) is 2.10. The number of nitrogens with zero attached hydrogens (tertiary/aromatic N) is 3. The summed E-state index contributed by atoms with van der Waals surface area (Å²) in [5.74, 6) is 0. The van der Waals surface area contributed by atoms with Crippen molar-refractivity contribution in [2.75, 3.05) is 11.9 Å². The highest BCUT2D eigenvalue weighted by Crippen LogP contribution is 2.21. The molecule has 0 aliphatic heterocycles. The molecule has 0 saturated heterocycles. The highest BCUT2D eigenvalue weighted by Gasteiger charge is 2.11. The molecule has 1 aromatic heterocycles. The lowest BCUT2D eigenvalue weighted by Crippen LogP contribution is -2.30. The molecule has 1 aromatic carbocycles. The Labute approximate surface area is 127 Å². The number of urea groups is 1. The van der Waals surface area contributed by atoms with Crippen molar-refractivity contribution in [3.63, 3.8) is 0 Å². The fourth-order valence-electron chi connectivity index (χ4n) is 2.06. The van der Waals surface area contributed by atoms with Crippen molar-refractivity contribution in [3.8, 4) is 0 Å². The predicted octanol–water partition coefficient (Wildman–Crippen LogP) is 2.00. The van der Waals surface area contributed by atoms with E-state index in [1.165, 1.54) is 12.1 Å². The second-order valence-electron chi connectivity index (χ2n) is 4.84. The lowest BCUT2D eigenvalue weighted by Gasteiger charge is -2.08. The minimum Gasteiger partial charge on any atom is -0.337 e. The zero-order valence-corrected chi connectivity index (χ0v) is 12.4. The first-order valence-electron chi connectivity index (χ1n) is 6.74. The number of hydrogen-bond donors (Lipinski definition) is 2. The third-order valence-corrected chi connectivity index (χ3v) is 3.24. The molecule has 2 amide bonds. The average molecular weight is 303 g/mol. The summed E-state index contributed by atoms with van der Waals surface area (Å²) in [4.78, 5) is 22.1. The Hall–Kier alpha value is -2.90. The molecule has 2 aromatic rings. The molecular weight excluding hydrogens is 286 g/mol. The summed E-state index contributed by atoms with van der Waals surface area (Å²) in [5, 5.41) is 20.2. The number of amides is 2. The van der Waals surface area contributed by atoms with Crippen molar-refractivity contribution < 1.29 is 9.72 Å². The maximum atomic E-state index is 11.8. The fourth-order valence-corrected chi connectivity index (χ4v) is 2.06. The van der Waals surface area contributed by atoms with Crippen molar-refractivity contribution >= 4 is 17.4 Å². The van der Waals surface area contributed by atoms with Gasteiger partial charge in [0.15, 0.2) is 0 Å². The zero-order chi connectivity index (χ0) is 16.1. The van der Waals surface area contributed by atoms with E-state index in [-0.39, 0.29) is 11.7 Å². The van der Waals surface area contributed by atoms with Gasteiger partial charge in [-0.25, -0.2) is 4.79 Å². The van der Waals surface area contributed by atoms with Gasteiger partial charge in [-0.1, -0.05) is 0 Å². The van der Waals surface area contributed by atoms with Gasteiger partial charge in [0.25, 0.3) is 5.69 Å². The van der Waals surface area contributed by atoms with E-state index in [1.807, 2.05) is 13.1 Å². The average Bonchev–Trinajstić information content (AvgIpc) is 2.84. The van der Waals surface area contributed by atoms with Gasteiger partial charge in [-0.3, -0.25) is 14.8 Å². The van der Waals surface area contributed by atoms with Gasteiger partial charge in [0, 0.05) is 49.2 Å². The second kappa shape index (κ2) is 6.70. The summed E-state index contributed by atoms with van der Waals surface area (Å²) >= 11 is 0. The lowest BCUT2D eigenvalue weighted by molar-refractivity contribution is -0.385. The van der Waals surface area contributed by atoms with E-state index in [9.17, 15) is 14.9 Å². The Kier molecular flexibility index (Phi) is 4.72. The molecule has 8 nitrogen and oxygen atoms in total. The van der Waals surface area contributed by atoms with E-state index >= 15 is 0 Å². The first-order chi connectivity index (χ1) is 10.5. The summed E-state index contributed by atoms with van der Waals surface area (Å²) in [5.41, 5.74) is 2.06. The third kappa shape index (κ3) is 3.81. The molecular formula is C14H17N5O3. The molecule has 0 radical (unpaired) electrons.